The zero-order chi connectivity index (χ0) is 62.7. The minimum Gasteiger partial charge on any atom is -0.457 e. The lowest BCUT2D eigenvalue weighted by atomic mass is 9.61. The number of pyridine rings is 1. The van der Waals surface area contributed by atoms with E-state index in [2.05, 4.69) is 280 Å². The molecule has 86 heavy (non-hydrogen) atoms. The van der Waals surface area contributed by atoms with Crippen molar-refractivity contribution in [2.24, 2.45) is 0 Å². The van der Waals surface area contributed by atoms with Crippen LogP contribution < -0.4 is 14.5 Å². The molecule has 0 saturated heterocycles. The van der Waals surface area contributed by atoms with Gasteiger partial charge >= 0.3 is 0 Å². The number of para-hydroxylation sites is 2. The summed E-state index contributed by atoms with van der Waals surface area (Å²) in [5.41, 5.74) is 20.8. The third-order valence-corrected chi connectivity index (χ3v) is 18.5. The van der Waals surface area contributed by atoms with Crippen molar-refractivity contribution >= 4 is 44.6 Å². The van der Waals surface area contributed by atoms with Crippen molar-refractivity contribution in [2.75, 3.05) is 16.5 Å². The van der Waals surface area contributed by atoms with Gasteiger partial charge in [-0.1, -0.05) is 217 Å². The number of rotatable bonds is 9. The first-order chi connectivity index (χ1) is 42.1. The smallest absolute Gasteiger partial charge is 0.137 e. The fraction of sp³-hybridized carbons (Fsp3) is 0.272. The topological polar surface area (TPSA) is 33.5 Å². The van der Waals surface area contributed by atoms with E-state index in [1.807, 2.05) is 30.5 Å². The fourth-order valence-electron chi connectivity index (χ4n) is 13.5. The monoisotopic (exact) mass is 1130 g/mol. The SMILES string of the molecule is [2H]C([2H])([2H])c1cc(-n2c3cc(Oc4cccc(N5CN(c6c(-c7ccccc7)cc(C(C)(C)C)cc6-c6cc(C(C)(C)C)cc(C(C)(C)C)c6)c6ccccc65)c4)ccc3c3c(-c4ccccc4)cccc32)ncc1-c1cccc2c1C(C)(C)CCC2(C)C. The van der Waals surface area contributed by atoms with Crippen molar-refractivity contribution in [3.05, 3.63) is 240 Å². The third kappa shape index (κ3) is 10.1. The van der Waals surface area contributed by atoms with Crippen molar-refractivity contribution in [3.8, 4) is 61.8 Å². The summed E-state index contributed by atoms with van der Waals surface area (Å²) >= 11 is 0. The van der Waals surface area contributed by atoms with E-state index in [9.17, 15) is 0 Å². The first kappa shape index (κ1) is 52.9. The molecule has 0 spiro atoms. The summed E-state index contributed by atoms with van der Waals surface area (Å²) < 4.78 is 36.6. The van der Waals surface area contributed by atoms with E-state index in [1.165, 1.54) is 55.8 Å². The maximum absolute atomic E-state index is 9.15. The standard InChI is InChI=1S/C81H82N4O/c1-52-42-73(82-50-67(52)63-33-24-34-68-75(63)81(13,14)41-40-80(68,11)12)85-71-37-25-32-62(53-26-17-15-18-27-53)74(71)64-39-38-61(49-72(64)85)86-60-31-23-30-59(48-60)83-51-84(70-36-22-21-35-69(70)83)76-65(54-28-19-16-20-29-54)46-58(79(8,9)10)47-66(76)55-43-56(77(2,3)4)45-57(44-55)78(5,6)7/h15-39,42-50H,40-41,51H2,1-14H3/i1D3. The van der Waals surface area contributed by atoms with Crippen LogP contribution >= 0.6 is 0 Å². The van der Waals surface area contributed by atoms with E-state index in [0.29, 0.717) is 29.5 Å². The predicted octanol–water partition coefficient (Wildman–Crippen LogP) is 22.4. The zero-order valence-corrected chi connectivity index (χ0v) is 52.4. The molecule has 2 aromatic heterocycles. The van der Waals surface area contributed by atoms with Crippen molar-refractivity contribution in [3.63, 3.8) is 0 Å². The molecule has 0 amide bonds. The Morgan fingerprint density at radius 1 is 0.465 bits per heavy atom. The van der Waals surface area contributed by atoms with E-state index in [0.717, 1.165) is 68.4 Å². The summed E-state index contributed by atoms with van der Waals surface area (Å²) in [7, 11) is 0. The lowest BCUT2D eigenvalue weighted by Crippen LogP contribution is -2.34. The van der Waals surface area contributed by atoms with Crippen LogP contribution in [-0.4, -0.2) is 16.2 Å². The minimum atomic E-state index is -2.44. The molecule has 2 aliphatic rings. The van der Waals surface area contributed by atoms with E-state index in [-0.39, 0.29) is 32.6 Å². The van der Waals surface area contributed by atoms with Crippen molar-refractivity contribution in [1.29, 1.82) is 0 Å². The van der Waals surface area contributed by atoms with Crippen molar-refractivity contribution in [2.45, 2.75) is 137 Å². The van der Waals surface area contributed by atoms with Crippen LogP contribution in [0.25, 0.3) is 72.1 Å². The van der Waals surface area contributed by atoms with Crippen LogP contribution in [0.5, 0.6) is 11.5 Å². The molecule has 5 heteroatoms. The largest absolute Gasteiger partial charge is 0.457 e. The van der Waals surface area contributed by atoms with E-state index < -0.39 is 6.85 Å². The molecule has 0 atom stereocenters. The van der Waals surface area contributed by atoms with Gasteiger partial charge in [0.25, 0.3) is 0 Å². The van der Waals surface area contributed by atoms with E-state index >= 15 is 0 Å². The van der Waals surface area contributed by atoms with Crippen LogP contribution in [-0.2, 0) is 27.1 Å². The molecule has 0 fully saturated rings. The van der Waals surface area contributed by atoms with Gasteiger partial charge in [-0.15, -0.1) is 0 Å². The number of benzene rings is 9. The van der Waals surface area contributed by atoms with Crippen LogP contribution in [0.4, 0.5) is 22.7 Å². The Balaban J connectivity index is 0.935. The number of hydrogen-bond acceptors (Lipinski definition) is 4. The molecule has 11 aromatic rings. The summed E-state index contributed by atoms with van der Waals surface area (Å²) in [6.07, 6.45) is 3.86. The predicted molar refractivity (Wildman–Crippen MR) is 365 cm³/mol. The summed E-state index contributed by atoms with van der Waals surface area (Å²) in [6.45, 7) is 28.2. The average Bonchev–Trinajstić information content (AvgIpc) is 1.73. The van der Waals surface area contributed by atoms with Gasteiger partial charge in [0.15, 0.2) is 0 Å². The Morgan fingerprint density at radius 2 is 1.03 bits per heavy atom. The summed E-state index contributed by atoms with van der Waals surface area (Å²) in [6, 6.07) is 71.6. The van der Waals surface area contributed by atoms with Crippen LogP contribution in [0.2, 0.25) is 0 Å². The normalized spacial score (nSPS) is 15.5. The number of aromatic nitrogens is 2. The van der Waals surface area contributed by atoms with Crippen LogP contribution in [0.1, 0.15) is 140 Å². The van der Waals surface area contributed by atoms with Gasteiger partial charge in [0.1, 0.15) is 24.0 Å². The van der Waals surface area contributed by atoms with E-state index in [4.69, 9.17) is 13.8 Å². The third-order valence-electron chi connectivity index (χ3n) is 18.5. The van der Waals surface area contributed by atoms with Crippen LogP contribution in [0, 0.1) is 6.85 Å². The van der Waals surface area contributed by atoms with Gasteiger partial charge < -0.3 is 14.5 Å². The fourth-order valence-corrected chi connectivity index (χ4v) is 13.5. The zero-order valence-electron chi connectivity index (χ0n) is 55.4. The lowest BCUT2D eigenvalue weighted by molar-refractivity contribution is 0.333. The molecular formula is C81H82N4O. The quantitative estimate of drug-likeness (QED) is 0.144. The van der Waals surface area contributed by atoms with Gasteiger partial charge in [-0.05, 0) is 169 Å². The second kappa shape index (κ2) is 20.8. The van der Waals surface area contributed by atoms with Gasteiger partial charge in [-0.25, -0.2) is 4.98 Å². The van der Waals surface area contributed by atoms with E-state index in [1.54, 1.807) is 0 Å². The van der Waals surface area contributed by atoms with Gasteiger partial charge in [0, 0.05) is 55.6 Å². The lowest BCUT2D eigenvalue weighted by Gasteiger charge is -2.43. The van der Waals surface area contributed by atoms with Gasteiger partial charge in [0.2, 0.25) is 0 Å². The average molecular weight is 1130 g/mol. The molecule has 5 nitrogen and oxygen atoms in total. The Morgan fingerprint density at radius 3 is 1.70 bits per heavy atom. The number of ether oxygens (including phenoxy) is 1. The molecule has 1 aliphatic carbocycles. The summed E-state index contributed by atoms with van der Waals surface area (Å²) in [4.78, 5) is 10.2. The Bertz CT molecular complexity index is 4520. The van der Waals surface area contributed by atoms with Crippen molar-refractivity contribution in [1.82, 2.24) is 9.55 Å². The number of anilines is 4. The van der Waals surface area contributed by atoms with Crippen LogP contribution in [0.3, 0.4) is 0 Å². The molecule has 0 N–H and O–H groups in total. The number of aryl methyl sites for hydroxylation is 1. The molecule has 1 aliphatic heterocycles. The number of nitrogens with zero attached hydrogens (tertiary/aromatic N) is 4. The molecule has 9 aromatic carbocycles. The molecule has 3 heterocycles. The van der Waals surface area contributed by atoms with Gasteiger partial charge in [0.05, 0.1) is 28.1 Å². The van der Waals surface area contributed by atoms with Gasteiger partial charge in [-0.2, -0.15) is 0 Å². The number of hydrogen-bond donors (Lipinski definition) is 0. The number of fused-ring (bicyclic) bond motifs is 5. The highest BCUT2D eigenvalue weighted by Crippen LogP contribution is 2.54. The maximum Gasteiger partial charge on any atom is 0.137 e. The molecule has 0 saturated carbocycles. The Kier molecular flexibility index (Phi) is 12.8. The first-order valence-corrected chi connectivity index (χ1v) is 30.7. The van der Waals surface area contributed by atoms with Crippen LogP contribution in [0.15, 0.2) is 206 Å². The highest BCUT2D eigenvalue weighted by molar-refractivity contribution is 6.16. The highest BCUT2D eigenvalue weighted by Gasteiger charge is 2.39. The summed E-state index contributed by atoms with van der Waals surface area (Å²) in [5.74, 6) is 1.85. The second-order valence-corrected chi connectivity index (χ2v) is 28.6. The second-order valence-electron chi connectivity index (χ2n) is 28.6. The molecule has 432 valence electrons. The summed E-state index contributed by atoms with van der Waals surface area (Å²) in [5, 5.41) is 2.05. The molecular weight excluding hydrogens is 1040 g/mol. The molecule has 0 radical (unpaired) electrons. The first-order valence-electron chi connectivity index (χ1n) is 32.2. The molecule has 13 rings (SSSR count). The molecule has 0 bridgehead atoms. The Labute approximate surface area is 515 Å². The Hall–Kier alpha value is -8.67. The minimum absolute atomic E-state index is 0.0516. The maximum atomic E-state index is 9.15. The molecule has 0 unspecified atom stereocenters. The van der Waals surface area contributed by atoms with Crippen molar-refractivity contribution < 1.29 is 8.85 Å². The highest BCUT2D eigenvalue weighted by atomic mass is 16.5. The van der Waals surface area contributed by atoms with Gasteiger partial charge in [-0.3, -0.25) is 4.57 Å².